The predicted molar refractivity (Wildman–Crippen MR) is 91.8 cm³/mol. The Kier molecular flexibility index (Phi) is 4.17. The van der Waals surface area contributed by atoms with E-state index < -0.39 is 0 Å². The first-order chi connectivity index (χ1) is 11.0. The molecular weight excluding hydrogens is 312 g/mol. The molecule has 3 heterocycles. The van der Waals surface area contributed by atoms with Crippen LogP contribution in [0.4, 0.5) is 5.82 Å². The average molecular weight is 331 g/mol. The summed E-state index contributed by atoms with van der Waals surface area (Å²) in [5, 5.41) is 3.52. The molecule has 0 aromatic carbocycles. The van der Waals surface area contributed by atoms with E-state index in [1.807, 2.05) is 17.7 Å². The van der Waals surface area contributed by atoms with Crippen LogP contribution >= 0.6 is 11.6 Å². The minimum atomic E-state index is 0.209. The molecule has 23 heavy (non-hydrogen) atoms. The molecule has 0 spiro atoms. The number of aromatic nitrogens is 5. The number of anilines is 1. The Labute approximate surface area is 140 Å². The Morgan fingerprint density at radius 3 is 2.70 bits per heavy atom. The maximum absolute atomic E-state index is 6.08. The van der Waals surface area contributed by atoms with Crippen molar-refractivity contribution in [2.45, 2.75) is 40.3 Å². The molecule has 3 rings (SSSR count). The third-order valence-electron chi connectivity index (χ3n) is 3.75. The number of rotatable bonds is 4. The highest BCUT2D eigenvalue weighted by Gasteiger charge is 2.14. The van der Waals surface area contributed by atoms with Crippen molar-refractivity contribution in [3.8, 4) is 0 Å². The molecule has 0 saturated carbocycles. The van der Waals surface area contributed by atoms with Gasteiger partial charge >= 0.3 is 0 Å². The number of fused-ring (bicyclic) bond motifs is 1. The lowest BCUT2D eigenvalue weighted by atomic mass is 10.1. The second-order valence-electron chi connectivity index (χ2n) is 5.86. The summed E-state index contributed by atoms with van der Waals surface area (Å²) in [5.41, 5.74) is 4.77. The van der Waals surface area contributed by atoms with E-state index in [9.17, 15) is 0 Å². The molecule has 0 saturated heterocycles. The summed E-state index contributed by atoms with van der Waals surface area (Å²) in [7, 11) is 0. The van der Waals surface area contributed by atoms with Gasteiger partial charge in [-0.2, -0.15) is 9.97 Å². The molecule has 3 aromatic rings. The van der Waals surface area contributed by atoms with Gasteiger partial charge in [0.2, 0.25) is 5.28 Å². The maximum atomic E-state index is 6.08. The molecule has 6 nitrogen and oxygen atoms in total. The van der Waals surface area contributed by atoms with E-state index in [2.05, 4.69) is 52.1 Å². The number of nitrogens with one attached hydrogen (secondary N) is 1. The summed E-state index contributed by atoms with van der Waals surface area (Å²) >= 11 is 6.08. The number of pyridine rings is 1. The van der Waals surface area contributed by atoms with Crippen molar-refractivity contribution in [1.82, 2.24) is 24.5 Å². The van der Waals surface area contributed by atoms with Crippen LogP contribution < -0.4 is 5.32 Å². The molecule has 120 valence electrons. The van der Waals surface area contributed by atoms with Gasteiger partial charge in [-0.25, -0.2) is 4.98 Å². The number of hydrogen-bond acceptors (Lipinski definition) is 5. The highest BCUT2D eigenvalue weighted by molar-refractivity contribution is 6.28. The lowest BCUT2D eigenvalue weighted by molar-refractivity contribution is 0.612. The van der Waals surface area contributed by atoms with Crippen molar-refractivity contribution in [2.24, 2.45) is 0 Å². The van der Waals surface area contributed by atoms with Crippen LogP contribution in [0.5, 0.6) is 0 Å². The smallest absolute Gasteiger partial charge is 0.226 e. The summed E-state index contributed by atoms with van der Waals surface area (Å²) in [6, 6.07) is 2.31. The number of halogens is 1. The molecule has 0 fully saturated rings. The zero-order valence-electron chi connectivity index (χ0n) is 13.6. The maximum Gasteiger partial charge on any atom is 0.226 e. The molecule has 3 aromatic heterocycles. The molecule has 0 unspecified atom stereocenters. The van der Waals surface area contributed by atoms with E-state index >= 15 is 0 Å². The van der Waals surface area contributed by atoms with Gasteiger partial charge in [-0.05, 0) is 56.5 Å². The van der Waals surface area contributed by atoms with Crippen molar-refractivity contribution in [3.63, 3.8) is 0 Å². The van der Waals surface area contributed by atoms with Gasteiger partial charge in [0.25, 0.3) is 0 Å². The van der Waals surface area contributed by atoms with Crippen molar-refractivity contribution in [2.75, 3.05) is 5.32 Å². The number of hydrogen-bond donors (Lipinski definition) is 1. The summed E-state index contributed by atoms with van der Waals surface area (Å²) in [6.45, 7) is 8.81. The normalized spacial score (nSPS) is 11.4. The second-order valence-corrected chi connectivity index (χ2v) is 6.20. The Morgan fingerprint density at radius 2 is 2.00 bits per heavy atom. The predicted octanol–water partition coefficient (Wildman–Crippen LogP) is 3.68. The van der Waals surface area contributed by atoms with Crippen LogP contribution in [0, 0.1) is 13.8 Å². The van der Waals surface area contributed by atoms with Crippen LogP contribution in [0.25, 0.3) is 11.2 Å². The Hall–Kier alpha value is -2.21. The third kappa shape index (κ3) is 3.12. The summed E-state index contributed by atoms with van der Waals surface area (Å²) < 4.78 is 1.98. The monoisotopic (exact) mass is 330 g/mol. The SMILES string of the molecule is Cc1cc(C)c(CNc2nc(Cl)nc3c2ncn3C(C)C)cn1. The van der Waals surface area contributed by atoms with Gasteiger partial charge in [-0.3, -0.25) is 4.98 Å². The molecule has 7 heteroatoms. The van der Waals surface area contributed by atoms with Crippen LogP contribution in [-0.4, -0.2) is 24.5 Å². The molecule has 0 amide bonds. The zero-order valence-corrected chi connectivity index (χ0v) is 14.4. The highest BCUT2D eigenvalue weighted by atomic mass is 35.5. The van der Waals surface area contributed by atoms with Crippen LogP contribution in [0.15, 0.2) is 18.6 Å². The van der Waals surface area contributed by atoms with E-state index in [4.69, 9.17) is 11.6 Å². The van der Waals surface area contributed by atoms with Crippen LogP contribution in [-0.2, 0) is 6.54 Å². The Bertz CT molecular complexity index is 855. The van der Waals surface area contributed by atoms with Crippen molar-refractivity contribution >= 4 is 28.6 Å². The molecule has 0 bridgehead atoms. The third-order valence-corrected chi connectivity index (χ3v) is 3.92. The van der Waals surface area contributed by atoms with Crippen molar-refractivity contribution in [3.05, 3.63) is 40.7 Å². The lowest BCUT2D eigenvalue weighted by Crippen LogP contribution is -2.06. The minimum Gasteiger partial charge on any atom is -0.364 e. The highest BCUT2D eigenvalue weighted by Crippen LogP contribution is 2.24. The van der Waals surface area contributed by atoms with Gasteiger partial charge in [0, 0.05) is 24.5 Å². The van der Waals surface area contributed by atoms with E-state index in [1.165, 1.54) is 5.56 Å². The zero-order chi connectivity index (χ0) is 16.6. The van der Waals surface area contributed by atoms with Gasteiger partial charge < -0.3 is 9.88 Å². The Morgan fingerprint density at radius 1 is 1.22 bits per heavy atom. The fourth-order valence-electron chi connectivity index (χ4n) is 2.48. The van der Waals surface area contributed by atoms with Crippen LogP contribution in [0.3, 0.4) is 0 Å². The first-order valence-corrected chi connectivity index (χ1v) is 7.89. The topological polar surface area (TPSA) is 68.5 Å². The molecule has 0 aliphatic heterocycles. The summed E-state index contributed by atoms with van der Waals surface area (Å²) in [5.74, 6) is 0.638. The first kappa shape index (κ1) is 15.7. The molecular formula is C16H19ClN6. The fourth-order valence-corrected chi connectivity index (χ4v) is 2.64. The summed E-state index contributed by atoms with van der Waals surface area (Å²) in [4.78, 5) is 17.4. The van der Waals surface area contributed by atoms with Crippen LogP contribution in [0.1, 0.15) is 36.7 Å². The molecule has 0 aliphatic carbocycles. The first-order valence-electron chi connectivity index (χ1n) is 7.51. The molecule has 1 N–H and O–H groups in total. The number of aryl methyl sites for hydroxylation is 2. The molecule has 0 radical (unpaired) electrons. The van der Waals surface area contributed by atoms with Crippen LogP contribution in [0.2, 0.25) is 5.28 Å². The van der Waals surface area contributed by atoms with Gasteiger partial charge in [0.05, 0.1) is 6.33 Å². The summed E-state index contributed by atoms with van der Waals surface area (Å²) in [6.07, 6.45) is 3.65. The van der Waals surface area contributed by atoms with E-state index in [1.54, 1.807) is 6.33 Å². The quantitative estimate of drug-likeness (QED) is 0.739. The number of imidazole rings is 1. The van der Waals surface area contributed by atoms with Gasteiger partial charge in [-0.15, -0.1) is 0 Å². The van der Waals surface area contributed by atoms with Crippen molar-refractivity contribution in [1.29, 1.82) is 0 Å². The minimum absolute atomic E-state index is 0.209. The van der Waals surface area contributed by atoms with Crippen molar-refractivity contribution < 1.29 is 0 Å². The van der Waals surface area contributed by atoms with E-state index in [-0.39, 0.29) is 11.3 Å². The largest absolute Gasteiger partial charge is 0.364 e. The van der Waals surface area contributed by atoms with E-state index in [0.717, 1.165) is 22.4 Å². The Balaban J connectivity index is 1.93. The molecule has 0 aliphatic rings. The standard InChI is InChI=1S/C16H19ClN6/c1-9(2)23-8-20-13-14(21-16(17)22-15(13)23)19-7-12-6-18-11(4)5-10(12)3/h5-6,8-9H,7H2,1-4H3,(H,19,21,22). The fraction of sp³-hybridized carbons (Fsp3) is 0.375. The second kappa shape index (κ2) is 6.12. The van der Waals surface area contributed by atoms with Gasteiger partial charge in [0.15, 0.2) is 17.0 Å². The van der Waals surface area contributed by atoms with E-state index in [0.29, 0.717) is 12.4 Å². The molecule has 0 atom stereocenters. The lowest BCUT2D eigenvalue weighted by Gasteiger charge is -2.10. The number of nitrogens with zero attached hydrogens (tertiary/aromatic N) is 5. The van der Waals surface area contributed by atoms with Gasteiger partial charge in [-0.1, -0.05) is 0 Å². The van der Waals surface area contributed by atoms with Gasteiger partial charge in [0.1, 0.15) is 0 Å². The average Bonchev–Trinajstić information content (AvgIpc) is 2.90.